The van der Waals surface area contributed by atoms with Crippen molar-refractivity contribution < 1.29 is 9.00 Å². The number of amides is 1. The molecule has 0 aromatic carbocycles. The van der Waals surface area contributed by atoms with E-state index in [9.17, 15) is 9.00 Å². The minimum Gasteiger partial charge on any atom is -0.323 e. The van der Waals surface area contributed by atoms with Gasteiger partial charge in [-0.1, -0.05) is 0 Å². The van der Waals surface area contributed by atoms with Crippen molar-refractivity contribution in [3.05, 3.63) is 17.8 Å². The lowest BCUT2D eigenvalue weighted by atomic mass is 10.3. The van der Waals surface area contributed by atoms with E-state index in [0.717, 1.165) is 5.69 Å². The molecule has 0 saturated carbocycles. The third kappa shape index (κ3) is 1.47. The van der Waals surface area contributed by atoms with Gasteiger partial charge in [0.2, 0.25) is 5.91 Å². The zero-order valence-electron chi connectivity index (χ0n) is 7.03. The van der Waals surface area contributed by atoms with Crippen LogP contribution >= 0.6 is 0 Å². The zero-order chi connectivity index (χ0) is 9.42. The second kappa shape index (κ2) is 2.92. The molecule has 5 heteroatoms. The molecule has 2 rings (SSSR count). The lowest BCUT2D eigenvalue weighted by Crippen LogP contribution is -2.26. The smallest absolute Gasteiger partial charge is 0.237 e. The Balaban J connectivity index is 2.55. The van der Waals surface area contributed by atoms with Gasteiger partial charge in [-0.05, 0) is 19.1 Å². The van der Waals surface area contributed by atoms with Gasteiger partial charge in [-0.25, -0.2) is 4.98 Å². The summed E-state index contributed by atoms with van der Waals surface area (Å²) in [6.07, 6.45) is 0. The Bertz CT molecular complexity index is 403. The fourth-order valence-electron chi connectivity index (χ4n) is 1.18. The van der Waals surface area contributed by atoms with Crippen LogP contribution in [0.2, 0.25) is 0 Å². The standard InChI is InChI=1S/C8H8N2O2S/c1-5-2-3-6-8(9-5)13(12)4-7(11)10-6/h2-3H,4H2,1H3,(H,10,11). The van der Waals surface area contributed by atoms with Crippen molar-refractivity contribution >= 4 is 22.4 Å². The molecular formula is C8H8N2O2S. The highest BCUT2D eigenvalue weighted by atomic mass is 32.2. The summed E-state index contributed by atoms with van der Waals surface area (Å²) in [6, 6.07) is 3.51. The van der Waals surface area contributed by atoms with E-state index in [0.29, 0.717) is 10.7 Å². The van der Waals surface area contributed by atoms with Gasteiger partial charge in [0, 0.05) is 5.69 Å². The molecule has 1 aliphatic rings. The molecule has 68 valence electrons. The van der Waals surface area contributed by atoms with Crippen molar-refractivity contribution in [2.45, 2.75) is 11.9 Å². The molecule has 0 bridgehead atoms. The third-order valence-corrected chi connectivity index (χ3v) is 3.02. The first-order valence-electron chi connectivity index (χ1n) is 3.83. The van der Waals surface area contributed by atoms with E-state index in [1.165, 1.54) is 0 Å². The minimum atomic E-state index is -1.28. The van der Waals surface area contributed by atoms with Crippen LogP contribution in [-0.4, -0.2) is 20.9 Å². The molecule has 0 fully saturated rings. The predicted molar refractivity (Wildman–Crippen MR) is 48.9 cm³/mol. The van der Waals surface area contributed by atoms with Crippen molar-refractivity contribution in [3.63, 3.8) is 0 Å². The van der Waals surface area contributed by atoms with Gasteiger partial charge in [0.25, 0.3) is 0 Å². The van der Waals surface area contributed by atoms with Gasteiger partial charge in [-0.3, -0.25) is 9.00 Å². The molecule has 0 radical (unpaired) electrons. The first kappa shape index (κ1) is 8.37. The molecular weight excluding hydrogens is 188 g/mol. The second-order valence-electron chi connectivity index (χ2n) is 2.84. The number of anilines is 1. The fourth-order valence-corrected chi connectivity index (χ4v) is 2.23. The average Bonchev–Trinajstić information content (AvgIpc) is 2.06. The molecule has 0 aliphatic carbocycles. The Morgan fingerprint density at radius 2 is 2.31 bits per heavy atom. The second-order valence-corrected chi connectivity index (χ2v) is 4.21. The highest BCUT2D eigenvalue weighted by Gasteiger charge is 2.22. The van der Waals surface area contributed by atoms with Crippen LogP contribution in [0.4, 0.5) is 5.69 Å². The van der Waals surface area contributed by atoms with Gasteiger partial charge in [-0.15, -0.1) is 0 Å². The van der Waals surface area contributed by atoms with Gasteiger partial charge in [0.15, 0.2) is 5.03 Å². The van der Waals surface area contributed by atoms with E-state index >= 15 is 0 Å². The topological polar surface area (TPSA) is 59.1 Å². The van der Waals surface area contributed by atoms with Crippen molar-refractivity contribution in [1.29, 1.82) is 0 Å². The van der Waals surface area contributed by atoms with Crippen LogP contribution in [0, 0.1) is 6.92 Å². The van der Waals surface area contributed by atoms with Crippen LogP contribution < -0.4 is 5.32 Å². The number of hydrogen-bond acceptors (Lipinski definition) is 3. The summed E-state index contributed by atoms with van der Waals surface area (Å²) in [7, 11) is -1.28. The summed E-state index contributed by atoms with van der Waals surface area (Å²) in [6.45, 7) is 1.83. The summed E-state index contributed by atoms with van der Waals surface area (Å²) in [5.41, 5.74) is 1.38. The minimum absolute atomic E-state index is 0.0173. The number of fused-ring (bicyclic) bond motifs is 1. The molecule has 1 unspecified atom stereocenters. The van der Waals surface area contributed by atoms with Crippen LogP contribution in [0.5, 0.6) is 0 Å². The number of rotatable bonds is 0. The fraction of sp³-hybridized carbons (Fsp3) is 0.250. The van der Waals surface area contributed by atoms with Crippen LogP contribution in [0.15, 0.2) is 17.2 Å². The van der Waals surface area contributed by atoms with Crippen molar-refractivity contribution in [3.8, 4) is 0 Å². The maximum absolute atomic E-state index is 11.4. The molecule has 1 aromatic rings. The number of nitrogens with one attached hydrogen (secondary N) is 1. The zero-order valence-corrected chi connectivity index (χ0v) is 7.85. The molecule has 2 heterocycles. The average molecular weight is 196 g/mol. The van der Waals surface area contributed by atoms with Gasteiger partial charge in [-0.2, -0.15) is 0 Å². The molecule has 0 saturated heterocycles. The Kier molecular flexibility index (Phi) is 1.88. The molecule has 1 aromatic heterocycles. The molecule has 1 aliphatic heterocycles. The number of carbonyl (C=O) groups excluding carboxylic acids is 1. The summed E-state index contributed by atoms with van der Waals surface area (Å²) < 4.78 is 11.4. The van der Waals surface area contributed by atoms with Gasteiger partial charge < -0.3 is 5.32 Å². The number of pyridine rings is 1. The first-order chi connectivity index (χ1) is 6.16. The number of nitrogens with zero attached hydrogens (tertiary/aromatic N) is 1. The lowest BCUT2D eigenvalue weighted by molar-refractivity contribution is -0.114. The highest BCUT2D eigenvalue weighted by molar-refractivity contribution is 7.86. The predicted octanol–water partition coefficient (Wildman–Crippen LogP) is 0.450. The Morgan fingerprint density at radius 1 is 1.54 bits per heavy atom. The van der Waals surface area contributed by atoms with E-state index in [4.69, 9.17) is 0 Å². The Labute approximate surface area is 77.8 Å². The van der Waals surface area contributed by atoms with E-state index < -0.39 is 10.8 Å². The molecule has 0 spiro atoms. The SMILES string of the molecule is Cc1ccc2c(n1)S(=O)CC(=O)N2. The molecule has 4 nitrogen and oxygen atoms in total. The van der Waals surface area contributed by atoms with E-state index in [1.54, 1.807) is 12.1 Å². The maximum Gasteiger partial charge on any atom is 0.237 e. The quantitative estimate of drug-likeness (QED) is 0.655. The van der Waals surface area contributed by atoms with Crippen molar-refractivity contribution in [2.24, 2.45) is 0 Å². The molecule has 1 atom stereocenters. The third-order valence-electron chi connectivity index (χ3n) is 1.75. The number of aryl methyl sites for hydroxylation is 1. The normalized spacial score (nSPS) is 20.7. The van der Waals surface area contributed by atoms with Gasteiger partial charge >= 0.3 is 0 Å². The summed E-state index contributed by atoms with van der Waals surface area (Å²) in [5, 5.41) is 3.11. The first-order valence-corrected chi connectivity index (χ1v) is 5.14. The summed E-state index contributed by atoms with van der Waals surface area (Å²) in [5.74, 6) is -0.194. The Morgan fingerprint density at radius 3 is 3.08 bits per heavy atom. The van der Waals surface area contributed by atoms with Gasteiger partial charge in [0.05, 0.1) is 16.5 Å². The molecule has 13 heavy (non-hydrogen) atoms. The summed E-state index contributed by atoms with van der Waals surface area (Å²) >= 11 is 0. The Hall–Kier alpha value is -1.23. The largest absolute Gasteiger partial charge is 0.323 e. The van der Waals surface area contributed by atoms with Crippen LogP contribution in [0.3, 0.4) is 0 Å². The van der Waals surface area contributed by atoms with Crippen LogP contribution in [-0.2, 0) is 15.6 Å². The number of carbonyl (C=O) groups is 1. The molecule has 1 amide bonds. The van der Waals surface area contributed by atoms with Gasteiger partial charge in [0.1, 0.15) is 5.75 Å². The van der Waals surface area contributed by atoms with Crippen molar-refractivity contribution in [2.75, 3.05) is 11.1 Å². The highest BCUT2D eigenvalue weighted by Crippen LogP contribution is 2.21. The van der Waals surface area contributed by atoms with E-state index in [1.807, 2.05) is 6.92 Å². The number of hydrogen-bond donors (Lipinski definition) is 1. The van der Waals surface area contributed by atoms with E-state index in [2.05, 4.69) is 10.3 Å². The van der Waals surface area contributed by atoms with Crippen LogP contribution in [0.1, 0.15) is 5.69 Å². The number of aromatic nitrogens is 1. The van der Waals surface area contributed by atoms with Crippen LogP contribution in [0.25, 0.3) is 0 Å². The lowest BCUT2D eigenvalue weighted by Gasteiger charge is -2.14. The monoisotopic (exact) mass is 196 g/mol. The van der Waals surface area contributed by atoms with Crippen molar-refractivity contribution in [1.82, 2.24) is 4.98 Å². The maximum atomic E-state index is 11.4. The summed E-state index contributed by atoms with van der Waals surface area (Å²) in [4.78, 5) is 15.1. The van der Waals surface area contributed by atoms with E-state index in [-0.39, 0.29) is 11.7 Å². The molecule has 1 N–H and O–H groups in total.